The van der Waals surface area contributed by atoms with Gasteiger partial charge in [-0.1, -0.05) is 51.2 Å². The molecule has 0 radical (unpaired) electrons. The van der Waals surface area contributed by atoms with Crippen molar-refractivity contribution in [3.63, 3.8) is 0 Å². The van der Waals surface area contributed by atoms with Gasteiger partial charge < -0.3 is 11.1 Å². The number of benzene rings is 1. The minimum Gasteiger partial charge on any atom is -0.392 e. The number of nitrogens with two attached hydrogens (primary N) is 1. The van der Waals surface area contributed by atoms with E-state index in [1.807, 2.05) is 25.1 Å². The lowest BCUT2D eigenvalue weighted by Crippen LogP contribution is -2.43. The first kappa shape index (κ1) is 16.6. The monoisotopic (exact) mass is 292 g/mol. The lowest BCUT2D eigenvalue weighted by Gasteiger charge is -2.27. The molecule has 0 fully saturated rings. The number of anilines is 1. The number of hydrogen-bond donors (Lipinski definition) is 2. The molecular weight excluding hydrogens is 268 g/mol. The van der Waals surface area contributed by atoms with Crippen LogP contribution in [0.15, 0.2) is 18.2 Å². The van der Waals surface area contributed by atoms with Crippen LogP contribution in [0.3, 0.4) is 0 Å². The Morgan fingerprint density at radius 3 is 2.10 bits per heavy atom. The van der Waals surface area contributed by atoms with Gasteiger partial charge in [0.2, 0.25) is 5.91 Å². The fraction of sp³-hybridized carbons (Fsp3) is 0.500. The fourth-order valence-electron chi connectivity index (χ4n) is 2.10. The van der Waals surface area contributed by atoms with E-state index < -0.39 is 5.41 Å². The summed E-state index contributed by atoms with van der Waals surface area (Å²) in [7, 11) is 0. The zero-order valence-corrected chi connectivity index (χ0v) is 13.6. The predicted octanol–water partition coefficient (Wildman–Crippen LogP) is 3.45. The number of carbonyl (C=O) groups is 1. The van der Waals surface area contributed by atoms with Crippen LogP contribution in [0, 0.1) is 5.41 Å². The van der Waals surface area contributed by atoms with E-state index in [0.29, 0.717) is 6.42 Å². The summed E-state index contributed by atoms with van der Waals surface area (Å²) in [6.07, 6.45) is 2.34. The first-order valence-electron chi connectivity index (χ1n) is 7.12. The number of rotatable bonds is 6. The molecule has 1 aromatic rings. The van der Waals surface area contributed by atoms with E-state index in [4.69, 9.17) is 18.0 Å². The third-order valence-corrected chi connectivity index (χ3v) is 4.44. The Kier molecular flexibility index (Phi) is 5.69. The highest BCUT2D eigenvalue weighted by Gasteiger charge is 2.35. The van der Waals surface area contributed by atoms with Crippen molar-refractivity contribution in [1.29, 1.82) is 0 Å². The van der Waals surface area contributed by atoms with Gasteiger partial charge >= 0.3 is 0 Å². The van der Waals surface area contributed by atoms with Crippen molar-refractivity contribution in [3.05, 3.63) is 29.3 Å². The molecule has 1 aromatic carbocycles. The summed E-state index contributed by atoms with van der Waals surface area (Å²) in [6, 6.07) is 6.11. The van der Waals surface area contributed by atoms with Gasteiger partial charge in [-0.15, -0.1) is 0 Å². The summed E-state index contributed by atoms with van der Waals surface area (Å²) in [5.41, 5.74) is 8.13. The highest BCUT2D eigenvalue weighted by atomic mass is 32.1. The van der Waals surface area contributed by atoms with Gasteiger partial charge in [-0.05, 0) is 37.3 Å². The molecule has 20 heavy (non-hydrogen) atoms. The lowest BCUT2D eigenvalue weighted by molar-refractivity contribution is -0.121. The number of nitrogens with one attached hydrogen (secondary N) is 1. The molecule has 1 amide bonds. The van der Waals surface area contributed by atoms with E-state index in [-0.39, 0.29) is 10.9 Å². The quantitative estimate of drug-likeness (QED) is 0.790. The van der Waals surface area contributed by atoms with E-state index in [2.05, 4.69) is 19.2 Å². The minimum atomic E-state index is -0.804. The van der Waals surface area contributed by atoms with Gasteiger partial charge in [0.25, 0.3) is 0 Å². The third-order valence-electron chi connectivity index (χ3n) is 3.99. The number of para-hydroxylation sites is 1. The standard InChI is InChI=1S/C16H24N2OS/c1-5-11-9-8-10-12(6-2)13(11)18-15(19)16(4,7-3)14(17)20/h8-10H,5-7H2,1-4H3,(H2,17,20)(H,18,19). The van der Waals surface area contributed by atoms with Crippen molar-refractivity contribution in [3.8, 4) is 0 Å². The molecule has 0 heterocycles. The average Bonchev–Trinajstić information content (AvgIpc) is 2.45. The maximum Gasteiger partial charge on any atom is 0.237 e. The molecule has 3 N–H and O–H groups in total. The summed E-state index contributed by atoms with van der Waals surface area (Å²) in [5, 5.41) is 3.05. The summed E-state index contributed by atoms with van der Waals surface area (Å²) in [6.45, 7) is 7.88. The molecule has 1 atom stereocenters. The van der Waals surface area contributed by atoms with Gasteiger partial charge in [-0.3, -0.25) is 4.79 Å². The van der Waals surface area contributed by atoms with Crippen LogP contribution in [-0.4, -0.2) is 10.9 Å². The Morgan fingerprint density at radius 1 is 1.25 bits per heavy atom. The molecule has 0 aliphatic rings. The third kappa shape index (κ3) is 3.18. The molecular formula is C16H24N2OS. The zero-order chi connectivity index (χ0) is 15.3. The second-order valence-electron chi connectivity index (χ2n) is 5.16. The Morgan fingerprint density at radius 2 is 1.75 bits per heavy atom. The smallest absolute Gasteiger partial charge is 0.237 e. The SMILES string of the molecule is CCc1cccc(CC)c1NC(=O)C(C)(CC)C(N)=S. The number of carbonyl (C=O) groups excluding carboxylic acids is 1. The van der Waals surface area contributed by atoms with Gasteiger partial charge in [0, 0.05) is 5.69 Å². The van der Waals surface area contributed by atoms with Crippen LogP contribution >= 0.6 is 12.2 Å². The van der Waals surface area contributed by atoms with Crippen LogP contribution in [0.4, 0.5) is 5.69 Å². The van der Waals surface area contributed by atoms with E-state index in [9.17, 15) is 4.79 Å². The number of thiocarbonyl (C=S) groups is 1. The second-order valence-corrected chi connectivity index (χ2v) is 5.60. The van der Waals surface area contributed by atoms with Crippen LogP contribution in [0.25, 0.3) is 0 Å². The Hall–Kier alpha value is -1.42. The van der Waals surface area contributed by atoms with Crippen molar-refractivity contribution < 1.29 is 4.79 Å². The van der Waals surface area contributed by atoms with Crippen molar-refractivity contribution in [2.45, 2.75) is 47.0 Å². The normalized spacial score (nSPS) is 13.6. The molecule has 1 unspecified atom stereocenters. The molecule has 4 heteroatoms. The molecule has 1 rings (SSSR count). The molecule has 3 nitrogen and oxygen atoms in total. The maximum atomic E-state index is 12.6. The highest BCUT2D eigenvalue weighted by molar-refractivity contribution is 7.80. The van der Waals surface area contributed by atoms with Gasteiger partial charge in [-0.25, -0.2) is 0 Å². The van der Waals surface area contributed by atoms with E-state index in [1.165, 1.54) is 0 Å². The van der Waals surface area contributed by atoms with E-state index >= 15 is 0 Å². The average molecular weight is 292 g/mol. The lowest BCUT2D eigenvalue weighted by atomic mass is 9.86. The van der Waals surface area contributed by atoms with Crippen LogP contribution in [0.5, 0.6) is 0 Å². The predicted molar refractivity (Wildman–Crippen MR) is 89.0 cm³/mol. The van der Waals surface area contributed by atoms with Gasteiger partial charge in [0.15, 0.2) is 0 Å². The highest BCUT2D eigenvalue weighted by Crippen LogP contribution is 2.28. The number of amides is 1. The molecule has 0 aliphatic heterocycles. The molecule has 0 aliphatic carbocycles. The fourth-order valence-corrected chi connectivity index (χ4v) is 2.34. The molecule has 0 saturated heterocycles. The van der Waals surface area contributed by atoms with Crippen molar-refractivity contribution in [2.24, 2.45) is 11.1 Å². The van der Waals surface area contributed by atoms with Crippen molar-refractivity contribution in [2.75, 3.05) is 5.32 Å². The zero-order valence-electron chi connectivity index (χ0n) is 12.7. The summed E-state index contributed by atoms with van der Waals surface area (Å²) < 4.78 is 0. The Bertz CT molecular complexity index is 491. The Balaban J connectivity index is 3.16. The number of aryl methyl sites for hydroxylation is 2. The Labute approximate surface area is 126 Å². The molecule has 0 aromatic heterocycles. The largest absolute Gasteiger partial charge is 0.392 e. The number of hydrogen-bond acceptors (Lipinski definition) is 2. The molecule has 110 valence electrons. The van der Waals surface area contributed by atoms with Gasteiger partial charge in [-0.2, -0.15) is 0 Å². The summed E-state index contributed by atoms with van der Waals surface area (Å²) >= 11 is 5.06. The summed E-state index contributed by atoms with van der Waals surface area (Å²) in [5.74, 6) is -0.122. The minimum absolute atomic E-state index is 0.122. The first-order chi connectivity index (χ1) is 9.40. The van der Waals surface area contributed by atoms with Crippen LogP contribution in [-0.2, 0) is 17.6 Å². The molecule has 0 bridgehead atoms. The van der Waals surface area contributed by atoms with E-state index in [0.717, 1.165) is 29.7 Å². The second kappa shape index (κ2) is 6.84. The first-order valence-corrected chi connectivity index (χ1v) is 7.53. The molecule has 0 saturated carbocycles. The van der Waals surface area contributed by atoms with Crippen molar-refractivity contribution in [1.82, 2.24) is 0 Å². The van der Waals surface area contributed by atoms with E-state index in [1.54, 1.807) is 6.92 Å². The van der Waals surface area contributed by atoms with Crippen molar-refractivity contribution >= 4 is 28.8 Å². The van der Waals surface area contributed by atoms with Gasteiger partial charge in [0.05, 0.1) is 10.4 Å². The van der Waals surface area contributed by atoms with Crippen LogP contribution in [0.2, 0.25) is 0 Å². The maximum absolute atomic E-state index is 12.6. The van der Waals surface area contributed by atoms with Crippen LogP contribution in [0.1, 0.15) is 45.2 Å². The topological polar surface area (TPSA) is 55.1 Å². The summed E-state index contributed by atoms with van der Waals surface area (Å²) in [4.78, 5) is 12.8. The van der Waals surface area contributed by atoms with Gasteiger partial charge in [0.1, 0.15) is 0 Å². The molecule has 0 spiro atoms. The van der Waals surface area contributed by atoms with Crippen LogP contribution < -0.4 is 11.1 Å².